The molecule has 0 saturated heterocycles. The molecule has 0 aromatic carbocycles. The zero-order chi connectivity index (χ0) is 12.1. The fourth-order valence-corrected chi connectivity index (χ4v) is 0.936. The molecule has 0 radical (unpaired) electrons. The molecule has 0 aliphatic carbocycles. The number of ether oxygens (including phenoxy) is 1. The van der Waals surface area contributed by atoms with Crippen molar-refractivity contribution in [1.82, 2.24) is 0 Å². The van der Waals surface area contributed by atoms with Crippen molar-refractivity contribution in [2.75, 3.05) is 13.2 Å². The summed E-state index contributed by atoms with van der Waals surface area (Å²) < 4.78 is 18.9. The molecule has 1 unspecified atom stereocenters. The van der Waals surface area contributed by atoms with Gasteiger partial charge in [-0.05, 0) is 6.92 Å². The lowest BCUT2D eigenvalue weighted by Crippen LogP contribution is -2.35. The molecule has 15 heavy (non-hydrogen) atoms. The minimum absolute atomic E-state index is 0.598. The van der Waals surface area contributed by atoms with E-state index in [9.17, 15) is 9.36 Å². The molecule has 90 valence electrons. The summed E-state index contributed by atoms with van der Waals surface area (Å²) in [6.07, 6.45) is -1.14. The molecule has 0 aromatic rings. The lowest BCUT2D eigenvalue weighted by Gasteiger charge is -2.16. The lowest BCUT2D eigenvalue weighted by atomic mass is 10.3. The van der Waals surface area contributed by atoms with Crippen molar-refractivity contribution < 1.29 is 33.5 Å². The Morgan fingerprint density at radius 3 is 2.40 bits per heavy atom. The first-order chi connectivity index (χ1) is 6.76. The van der Waals surface area contributed by atoms with Gasteiger partial charge in [0.25, 0.3) is 0 Å². The molecular formula is C6H14NO7P. The molecule has 0 saturated carbocycles. The number of esters is 1. The van der Waals surface area contributed by atoms with E-state index >= 15 is 0 Å². The summed E-state index contributed by atoms with van der Waals surface area (Å²) in [4.78, 5) is 27.6. The van der Waals surface area contributed by atoms with Gasteiger partial charge < -0.3 is 25.4 Å². The average molecular weight is 243 g/mol. The van der Waals surface area contributed by atoms with Crippen LogP contribution in [0, 0.1) is 0 Å². The fraction of sp³-hybridized carbons (Fsp3) is 0.833. The SMILES string of the molecule is CC(N)C(=O)O[C@@H](CO)COP(=O)(O)O. The number of phosphoric acid groups is 1. The van der Waals surface area contributed by atoms with Gasteiger partial charge in [-0.15, -0.1) is 0 Å². The van der Waals surface area contributed by atoms with E-state index in [-0.39, 0.29) is 0 Å². The van der Waals surface area contributed by atoms with Gasteiger partial charge in [-0.25, -0.2) is 4.57 Å². The summed E-state index contributed by atoms with van der Waals surface area (Å²) in [6, 6.07) is -0.880. The van der Waals surface area contributed by atoms with Crippen LogP contribution in [0.1, 0.15) is 6.92 Å². The Morgan fingerprint density at radius 2 is 2.07 bits per heavy atom. The third-order valence-electron chi connectivity index (χ3n) is 1.29. The van der Waals surface area contributed by atoms with Crippen LogP contribution in [0.25, 0.3) is 0 Å². The Morgan fingerprint density at radius 1 is 1.53 bits per heavy atom. The Bertz CT molecular complexity index is 250. The van der Waals surface area contributed by atoms with E-state index in [1.807, 2.05) is 0 Å². The third kappa shape index (κ3) is 7.43. The van der Waals surface area contributed by atoms with Crippen LogP contribution in [-0.4, -0.2) is 46.2 Å². The Labute approximate surface area is 86.2 Å². The van der Waals surface area contributed by atoms with E-state index in [1.54, 1.807) is 0 Å². The molecular weight excluding hydrogens is 229 g/mol. The van der Waals surface area contributed by atoms with E-state index in [0.717, 1.165) is 0 Å². The van der Waals surface area contributed by atoms with E-state index < -0.39 is 39.2 Å². The molecule has 9 heteroatoms. The summed E-state index contributed by atoms with van der Waals surface area (Å²) >= 11 is 0. The number of phosphoric ester groups is 1. The monoisotopic (exact) mass is 243 g/mol. The van der Waals surface area contributed by atoms with Crippen LogP contribution in [0.15, 0.2) is 0 Å². The minimum atomic E-state index is -4.63. The molecule has 0 fully saturated rings. The van der Waals surface area contributed by atoms with Gasteiger partial charge in [-0.3, -0.25) is 9.32 Å². The number of carbonyl (C=O) groups excluding carboxylic acids is 1. The van der Waals surface area contributed by atoms with Crippen LogP contribution in [0.3, 0.4) is 0 Å². The van der Waals surface area contributed by atoms with Gasteiger partial charge >= 0.3 is 13.8 Å². The molecule has 0 aromatic heterocycles. The van der Waals surface area contributed by atoms with Gasteiger partial charge in [0.15, 0.2) is 0 Å². The first-order valence-corrected chi connectivity index (χ1v) is 5.56. The molecule has 0 spiro atoms. The number of nitrogens with two attached hydrogens (primary N) is 1. The molecule has 0 rings (SSSR count). The minimum Gasteiger partial charge on any atom is -0.456 e. The zero-order valence-corrected chi connectivity index (χ0v) is 8.96. The quantitative estimate of drug-likeness (QED) is 0.321. The Kier molecular flexibility index (Phi) is 5.96. The van der Waals surface area contributed by atoms with Crippen LogP contribution in [0.5, 0.6) is 0 Å². The van der Waals surface area contributed by atoms with E-state index in [4.69, 9.17) is 20.6 Å². The molecule has 0 heterocycles. The smallest absolute Gasteiger partial charge is 0.456 e. The zero-order valence-electron chi connectivity index (χ0n) is 8.07. The number of aliphatic hydroxyl groups excluding tert-OH is 1. The molecule has 8 nitrogen and oxygen atoms in total. The average Bonchev–Trinajstić information content (AvgIpc) is 2.10. The topological polar surface area (TPSA) is 139 Å². The molecule has 2 atom stereocenters. The van der Waals surface area contributed by atoms with E-state index in [2.05, 4.69) is 9.26 Å². The second kappa shape index (κ2) is 6.16. The van der Waals surface area contributed by atoms with E-state index in [0.29, 0.717) is 0 Å². The van der Waals surface area contributed by atoms with Crippen molar-refractivity contribution in [2.24, 2.45) is 5.73 Å². The summed E-state index contributed by atoms with van der Waals surface area (Å²) in [6.45, 7) is 0.165. The van der Waals surface area contributed by atoms with Crippen LogP contribution in [0.4, 0.5) is 0 Å². The summed E-state index contributed by atoms with van der Waals surface area (Å²) in [7, 11) is -4.63. The number of hydrogen-bond donors (Lipinski definition) is 4. The van der Waals surface area contributed by atoms with Crippen molar-refractivity contribution in [3.8, 4) is 0 Å². The highest BCUT2D eigenvalue weighted by Gasteiger charge is 2.21. The molecule has 0 amide bonds. The Balaban J connectivity index is 4.04. The molecule has 0 aliphatic heterocycles. The van der Waals surface area contributed by atoms with Crippen molar-refractivity contribution in [1.29, 1.82) is 0 Å². The largest absolute Gasteiger partial charge is 0.469 e. The first kappa shape index (κ1) is 14.5. The highest BCUT2D eigenvalue weighted by atomic mass is 31.2. The number of aliphatic hydroxyl groups is 1. The van der Waals surface area contributed by atoms with Gasteiger partial charge in [-0.1, -0.05) is 0 Å². The summed E-state index contributed by atoms with van der Waals surface area (Å²) in [5.74, 6) is -0.789. The standard InChI is InChI=1S/C6H14NO7P/c1-4(7)6(9)14-5(2-8)3-13-15(10,11)12/h4-5,8H,2-3,7H2,1H3,(H2,10,11,12)/t4?,5-/m0/s1. The van der Waals surface area contributed by atoms with Gasteiger partial charge in [0.2, 0.25) is 0 Å². The van der Waals surface area contributed by atoms with Crippen molar-refractivity contribution >= 4 is 13.8 Å². The predicted octanol–water partition coefficient (Wildman–Crippen LogP) is -1.65. The first-order valence-electron chi connectivity index (χ1n) is 4.03. The highest BCUT2D eigenvalue weighted by Crippen LogP contribution is 2.35. The number of rotatable bonds is 6. The van der Waals surface area contributed by atoms with Gasteiger partial charge in [0.1, 0.15) is 12.1 Å². The van der Waals surface area contributed by atoms with Crippen molar-refractivity contribution in [3.63, 3.8) is 0 Å². The highest BCUT2D eigenvalue weighted by molar-refractivity contribution is 7.46. The maximum Gasteiger partial charge on any atom is 0.469 e. The van der Waals surface area contributed by atoms with Gasteiger partial charge in [0, 0.05) is 0 Å². The van der Waals surface area contributed by atoms with Gasteiger partial charge in [-0.2, -0.15) is 0 Å². The van der Waals surface area contributed by atoms with Crippen LogP contribution in [0.2, 0.25) is 0 Å². The second-order valence-electron chi connectivity index (χ2n) is 2.82. The Hall–Kier alpha value is -0.500. The summed E-state index contributed by atoms with van der Waals surface area (Å²) in [5.41, 5.74) is 5.17. The lowest BCUT2D eigenvalue weighted by molar-refractivity contribution is -0.154. The maximum atomic E-state index is 10.9. The van der Waals surface area contributed by atoms with Crippen molar-refractivity contribution in [3.05, 3.63) is 0 Å². The normalized spacial score (nSPS) is 15.8. The van der Waals surface area contributed by atoms with Crippen molar-refractivity contribution in [2.45, 2.75) is 19.1 Å². The van der Waals surface area contributed by atoms with Crippen LogP contribution < -0.4 is 5.73 Å². The number of hydrogen-bond acceptors (Lipinski definition) is 6. The second-order valence-corrected chi connectivity index (χ2v) is 4.06. The van der Waals surface area contributed by atoms with Crippen LogP contribution >= 0.6 is 7.82 Å². The molecule has 0 aliphatic rings. The predicted molar refractivity (Wildman–Crippen MR) is 48.6 cm³/mol. The van der Waals surface area contributed by atoms with Crippen LogP contribution in [-0.2, 0) is 18.6 Å². The van der Waals surface area contributed by atoms with Gasteiger partial charge in [0.05, 0.1) is 13.2 Å². The molecule has 5 N–H and O–H groups in total. The number of carbonyl (C=O) groups is 1. The van der Waals surface area contributed by atoms with E-state index in [1.165, 1.54) is 6.92 Å². The summed E-state index contributed by atoms with van der Waals surface area (Å²) in [5, 5.41) is 8.70. The maximum absolute atomic E-state index is 10.9. The fourth-order valence-electron chi connectivity index (χ4n) is 0.576. The molecule has 0 bridgehead atoms. The third-order valence-corrected chi connectivity index (χ3v) is 1.77.